The zero-order valence-corrected chi connectivity index (χ0v) is 11.6. The molecule has 18 heavy (non-hydrogen) atoms. The van der Waals surface area contributed by atoms with Crippen LogP contribution in [0.1, 0.15) is 28.4 Å². The molecule has 100 valence electrons. The third-order valence-corrected chi connectivity index (χ3v) is 2.86. The van der Waals surface area contributed by atoms with E-state index in [4.69, 9.17) is 4.74 Å². The number of hydrogen-bond donors (Lipinski definition) is 0. The van der Waals surface area contributed by atoms with Crippen molar-refractivity contribution in [2.24, 2.45) is 0 Å². The normalized spacial score (nSPS) is 10.6. The largest absolute Gasteiger partial charge is 0.462 e. The SMILES string of the molecule is CCOC(=O)c1c(C)cc(CBr)cc1OC(F)F. The van der Waals surface area contributed by atoms with E-state index in [2.05, 4.69) is 20.7 Å². The van der Waals surface area contributed by atoms with Gasteiger partial charge in [0.1, 0.15) is 11.3 Å². The first-order chi connectivity index (χ1) is 8.49. The van der Waals surface area contributed by atoms with Gasteiger partial charge in [-0.2, -0.15) is 8.78 Å². The summed E-state index contributed by atoms with van der Waals surface area (Å²) in [6, 6.07) is 3.12. The Hall–Kier alpha value is -1.17. The Morgan fingerprint density at radius 3 is 2.61 bits per heavy atom. The molecule has 1 rings (SSSR count). The van der Waals surface area contributed by atoms with Gasteiger partial charge in [-0.3, -0.25) is 0 Å². The van der Waals surface area contributed by atoms with Crippen LogP contribution in [0.3, 0.4) is 0 Å². The summed E-state index contributed by atoms with van der Waals surface area (Å²) in [5.41, 5.74) is 1.33. The van der Waals surface area contributed by atoms with E-state index in [-0.39, 0.29) is 17.9 Å². The van der Waals surface area contributed by atoms with Crippen molar-refractivity contribution in [3.8, 4) is 5.75 Å². The predicted octanol–water partition coefficient (Wildman–Crippen LogP) is 3.67. The van der Waals surface area contributed by atoms with Crippen molar-refractivity contribution in [1.29, 1.82) is 0 Å². The summed E-state index contributed by atoms with van der Waals surface area (Å²) in [7, 11) is 0. The van der Waals surface area contributed by atoms with Crippen LogP contribution < -0.4 is 4.74 Å². The van der Waals surface area contributed by atoms with Gasteiger partial charge in [-0.25, -0.2) is 4.79 Å². The summed E-state index contributed by atoms with van der Waals surface area (Å²) in [5, 5.41) is 0.483. The summed E-state index contributed by atoms with van der Waals surface area (Å²) >= 11 is 3.23. The minimum Gasteiger partial charge on any atom is -0.462 e. The zero-order chi connectivity index (χ0) is 13.7. The second kappa shape index (κ2) is 6.68. The van der Waals surface area contributed by atoms with Gasteiger partial charge in [-0.05, 0) is 31.0 Å². The van der Waals surface area contributed by atoms with Crippen molar-refractivity contribution in [2.45, 2.75) is 25.8 Å². The lowest BCUT2D eigenvalue weighted by Crippen LogP contribution is -2.12. The van der Waals surface area contributed by atoms with Crippen LogP contribution in [0.15, 0.2) is 12.1 Å². The van der Waals surface area contributed by atoms with Gasteiger partial charge in [0.15, 0.2) is 0 Å². The average molecular weight is 323 g/mol. The van der Waals surface area contributed by atoms with Crippen LogP contribution in [0, 0.1) is 6.92 Å². The Morgan fingerprint density at radius 2 is 2.11 bits per heavy atom. The van der Waals surface area contributed by atoms with Crippen molar-refractivity contribution >= 4 is 21.9 Å². The van der Waals surface area contributed by atoms with Crippen LogP contribution in [0.5, 0.6) is 5.75 Å². The van der Waals surface area contributed by atoms with Crippen LogP contribution in [-0.4, -0.2) is 19.2 Å². The maximum Gasteiger partial charge on any atom is 0.387 e. The lowest BCUT2D eigenvalue weighted by molar-refractivity contribution is -0.0505. The van der Waals surface area contributed by atoms with E-state index in [1.807, 2.05) is 0 Å². The van der Waals surface area contributed by atoms with Gasteiger partial charge in [0.25, 0.3) is 0 Å². The van der Waals surface area contributed by atoms with Gasteiger partial charge in [0.2, 0.25) is 0 Å². The molecule has 0 amide bonds. The minimum atomic E-state index is -2.98. The number of esters is 1. The summed E-state index contributed by atoms with van der Waals surface area (Å²) < 4.78 is 33.9. The molecule has 0 N–H and O–H groups in total. The number of carbonyl (C=O) groups is 1. The number of alkyl halides is 3. The minimum absolute atomic E-state index is 0.0434. The van der Waals surface area contributed by atoms with E-state index in [1.165, 1.54) is 6.07 Å². The predicted molar refractivity (Wildman–Crippen MR) is 66.4 cm³/mol. The quantitative estimate of drug-likeness (QED) is 0.613. The molecular formula is C12H13BrF2O3. The zero-order valence-electron chi connectivity index (χ0n) is 10.0. The fourth-order valence-electron chi connectivity index (χ4n) is 1.56. The summed E-state index contributed by atoms with van der Waals surface area (Å²) in [6.07, 6.45) is 0. The Balaban J connectivity index is 3.23. The Morgan fingerprint density at radius 1 is 1.44 bits per heavy atom. The van der Waals surface area contributed by atoms with E-state index in [9.17, 15) is 13.6 Å². The first kappa shape index (κ1) is 14.9. The number of benzene rings is 1. The third kappa shape index (κ3) is 3.66. The summed E-state index contributed by atoms with van der Waals surface area (Å²) in [5.74, 6) is -0.815. The monoisotopic (exact) mass is 322 g/mol. The molecule has 6 heteroatoms. The molecule has 3 nitrogen and oxygen atoms in total. The van der Waals surface area contributed by atoms with Crippen molar-refractivity contribution in [2.75, 3.05) is 6.61 Å². The molecule has 0 atom stereocenters. The maximum atomic E-state index is 12.3. The lowest BCUT2D eigenvalue weighted by atomic mass is 10.0. The number of rotatable bonds is 5. The molecule has 0 spiro atoms. The van der Waals surface area contributed by atoms with E-state index in [1.54, 1.807) is 19.9 Å². The molecule has 0 saturated carbocycles. The van der Waals surface area contributed by atoms with Gasteiger partial charge >= 0.3 is 12.6 Å². The smallest absolute Gasteiger partial charge is 0.387 e. The standard InChI is InChI=1S/C12H13BrF2O3/c1-3-17-11(16)10-7(2)4-8(6-13)5-9(10)18-12(14)15/h4-5,12H,3,6H2,1-2H3. The van der Waals surface area contributed by atoms with Crippen LogP contribution in [-0.2, 0) is 10.1 Å². The number of ether oxygens (including phenoxy) is 2. The van der Waals surface area contributed by atoms with Crippen LogP contribution in [0.25, 0.3) is 0 Å². The first-order valence-electron chi connectivity index (χ1n) is 5.31. The fourth-order valence-corrected chi connectivity index (χ4v) is 1.88. The first-order valence-corrected chi connectivity index (χ1v) is 6.43. The number of hydrogen-bond acceptors (Lipinski definition) is 3. The Bertz CT molecular complexity index is 436. The van der Waals surface area contributed by atoms with Gasteiger partial charge in [0.05, 0.1) is 6.61 Å². The molecule has 1 aromatic carbocycles. The maximum absolute atomic E-state index is 12.3. The highest BCUT2D eigenvalue weighted by Crippen LogP contribution is 2.28. The van der Waals surface area contributed by atoms with Gasteiger partial charge in [0, 0.05) is 5.33 Å². The highest BCUT2D eigenvalue weighted by atomic mass is 79.9. The van der Waals surface area contributed by atoms with Crippen LogP contribution >= 0.6 is 15.9 Å². The molecule has 0 radical (unpaired) electrons. The number of carbonyl (C=O) groups excluding carboxylic acids is 1. The second-order valence-electron chi connectivity index (χ2n) is 3.52. The Labute approximate surface area is 112 Å². The average Bonchev–Trinajstić information content (AvgIpc) is 2.27. The van der Waals surface area contributed by atoms with Crippen molar-refractivity contribution in [1.82, 2.24) is 0 Å². The highest BCUT2D eigenvalue weighted by molar-refractivity contribution is 9.08. The molecule has 0 bridgehead atoms. The molecule has 1 aromatic rings. The fraction of sp³-hybridized carbons (Fsp3) is 0.417. The van der Waals surface area contributed by atoms with E-state index in [0.29, 0.717) is 10.9 Å². The van der Waals surface area contributed by atoms with Crippen molar-refractivity contribution in [3.05, 3.63) is 28.8 Å². The van der Waals surface area contributed by atoms with Gasteiger partial charge < -0.3 is 9.47 Å². The highest BCUT2D eigenvalue weighted by Gasteiger charge is 2.20. The van der Waals surface area contributed by atoms with Crippen LogP contribution in [0.4, 0.5) is 8.78 Å². The molecule has 0 fully saturated rings. The van der Waals surface area contributed by atoms with E-state index in [0.717, 1.165) is 5.56 Å². The van der Waals surface area contributed by atoms with E-state index < -0.39 is 12.6 Å². The molecule has 0 aliphatic carbocycles. The molecule has 0 heterocycles. The van der Waals surface area contributed by atoms with Crippen molar-refractivity contribution in [3.63, 3.8) is 0 Å². The lowest BCUT2D eigenvalue weighted by Gasteiger charge is -2.13. The Kier molecular flexibility index (Phi) is 5.53. The molecule has 0 aromatic heterocycles. The molecule has 0 aliphatic rings. The van der Waals surface area contributed by atoms with Crippen molar-refractivity contribution < 1.29 is 23.0 Å². The van der Waals surface area contributed by atoms with Gasteiger partial charge in [-0.15, -0.1) is 0 Å². The number of aryl methyl sites for hydroxylation is 1. The summed E-state index contributed by atoms with van der Waals surface area (Å²) in [4.78, 5) is 11.7. The second-order valence-corrected chi connectivity index (χ2v) is 4.08. The topological polar surface area (TPSA) is 35.5 Å². The summed E-state index contributed by atoms with van der Waals surface area (Å²) in [6.45, 7) is 0.486. The third-order valence-electron chi connectivity index (χ3n) is 2.21. The number of halogens is 3. The molecular weight excluding hydrogens is 310 g/mol. The van der Waals surface area contributed by atoms with Gasteiger partial charge in [-0.1, -0.05) is 22.0 Å². The van der Waals surface area contributed by atoms with E-state index >= 15 is 0 Å². The molecule has 0 saturated heterocycles. The molecule has 0 unspecified atom stereocenters. The van der Waals surface area contributed by atoms with Crippen LogP contribution in [0.2, 0.25) is 0 Å². The molecule has 0 aliphatic heterocycles.